The maximum Gasteiger partial charge on any atom is 0.192 e. The number of rotatable bonds is 5. The molecule has 2 aliphatic rings. The third-order valence-corrected chi connectivity index (χ3v) is 6.27. The van der Waals surface area contributed by atoms with Crippen molar-refractivity contribution >= 4 is 35.6 Å². The number of nitrogens with one attached hydrogen (secondary N) is 2. The van der Waals surface area contributed by atoms with E-state index in [-0.39, 0.29) is 29.8 Å². The van der Waals surface area contributed by atoms with Crippen LogP contribution in [0.15, 0.2) is 29.3 Å². The van der Waals surface area contributed by atoms with Crippen molar-refractivity contribution in [3.05, 3.63) is 41.7 Å². The van der Waals surface area contributed by atoms with Crippen LogP contribution < -0.4 is 15.5 Å². The van der Waals surface area contributed by atoms with Gasteiger partial charge in [-0.3, -0.25) is 0 Å². The number of piperidine rings is 1. The molecule has 7 nitrogen and oxygen atoms in total. The fraction of sp³-hybridized carbons (Fsp3) is 0.591. The van der Waals surface area contributed by atoms with Crippen LogP contribution in [0.1, 0.15) is 50.2 Å². The second-order valence-electron chi connectivity index (χ2n) is 8.40. The van der Waals surface area contributed by atoms with E-state index >= 15 is 0 Å². The highest BCUT2D eigenvalue weighted by molar-refractivity contribution is 14.0. The zero-order chi connectivity index (χ0) is 20.9. The number of hydrogen-bond donors (Lipinski definition) is 2. The summed E-state index contributed by atoms with van der Waals surface area (Å²) >= 11 is 0. The largest absolute Gasteiger partial charge is 0.371 e. The molecule has 1 aromatic heterocycles. The smallest absolute Gasteiger partial charge is 0.192 e. The molecular formula is C22H33FIN7. The molecule has 0 spiro atoms. The lowest BCUT2D eigenvalue weighted by atomic mass is 10.0. The fourth-order valence-electron chi connectivity index (χ4n) is 4.28. The molecule has 0 unspecified atom stereocenters. The second kappa shape index (κ2) is 11.1. The van der Waals surface area contributed by atoms with Crippen molar-refractivity contribution in [2.45, 2.75) is 64.1 Å². The first-order valence-corrected chi connectivity index (χ1v) is 11.0. The standard InChI is InChI=1S/C22H32FN7.HI/c1-16-27-28-21(29(16)2)15-24-22(25-18-7-3-4-8-18)26-19-10-12-30(13-11-19)20-9-5-6-17(23)14-20;/h5-6,9,14,18-19H,3-4,7-8,10-13,15H2,1-2H3,(H2,24,25,26);1H. The normalized spacial score (nSPS) is 18.2. The molecular weight excluding hydrogens is 508 g/mol. The Morgan fingerprint density at radius 2 is 1.77 bits per heavy atom. The van der Waals surface area contributed by atoms with Gasteiger partial charge in [0.2, 0.25) is 0 Å². The highest BCUT2D eigenvalue weighted by atomic mass is 127. The maximum absolute atomic E-state index is 13.5. The van der Waals surface area contributed by atoms with E-state index in [1.165, 1.54) is 31.7 Å². The molecule has 0 radical (unpaired) electrons. The van der Waals surface area contributed by atoms with Crippen LogP contribution in [0, 0.1) is 12.7 Å². The molecule has 1 aromatic carbocycles. The van der Waals surface area contributed by atoms with Crippen molar-refractivity contribution in [2.24, 2.45) is 12.0 Å². The Morgan fingerprint density at radius 3 is 2.39 bits per heavy atom. The number of benzene rings is 1. The number of aromatic nitrogens is 3. The van der Waals surface area contributed by atoms with Gasteiger partial charge in [-0.15, -0.1) is 34.2 Å². The summed E-state index contributed by atoms with van der Waals surface area (Å²) in [5, 5.41) is 15.6. The number of anilines is 1. The second-order valence-corrected chi connectivity index (χ2v) is 8.40. The first kappa shape index (κ1) is 23.7. The first-order chi connectivity index (χ1) is 14.6. The molecule has 1 aliphatic heterocycles. The van der Waals surface area contributed by atoms with E-state index < -0.39 is 0 Å². The molecule has 0 bridgehead atoms. The molecule has 0 atom stereocenters. The van der Waals surface area contributed by atoms with Gasteiger partial charge in [-0.2, -0.15) is 0 Å². The molecule has 0 amide bonds. The molecule has 1 aliphatic carbocycles. The third kappa shape index (κ3) is 6.30. The Bertz CT molecular complexity index is 870. The van der Waals surface area contributed by atoms with Gasteiger partial charge in [0.15, 0.2) is 11.8 Å². The monoisotopic (exact) mass is 541 g/mol. The summed E-state index contributed by atoms with van der Waals surface area (Å²) in [6.45, 7) is 4.25. The molecule has 2 heterocycles. The van der Waals surface area contributed by atoms with E-state index in [1.807, 2.05) is 24.6 Å². The number of aryl methyl sites for hydroxylation is 1. The maximum atomic E-state index is 13.5. The van der Waals surface area contributed by atoms with Crippen LogP contribution in [-0.4, -0.2) is 45.9 Å². The predicted molar refractivity (Wildman–Crippen MR) is 132 cm³/mol. The molecule has 4 rings (SSSR count). The van der Waals surface area contributed by atoms with Gasteiger partial charge in [0, 0.05) is 37.9 Å². The SMILES string of the molecule is Cc1nnc(CN=C(NC2CCCC2)NC2CCN(c3cccc(F)c3)CC2)n1C.I. The highest BCUT2D eigenvalue weighted by Gasteiger charge is 2.22. The van der Waals surface area contributed by atoms with Crippen LogP contribution in [0.4, 0.5) is 10.1 Å². The van der Waals surface area contributed by atoms with Crippen LogP contribution in [0.2, 0.25) is 0 Å². The summed E-state index contributed by atoms with van der Waals surface area (Å²) < 4.78 is 15.5. The van der Waals surface area contributed by atoms with Crippen molar-refractivity contribution in [3.63, 3.8) is 0 Å². The number of aliphatic imine (C=N–C) groups is 1. The van der Waals surface area contributed by atoms with Crippen LogP contribution >= 0.6 is 24.0 Å². The predicted octanol–water partition coefficient (Wildman–Crippen LogP) is 3.53. The van der Waals surface area contributed by atoms with E-state index in [4.69, 9.17) is 4.99 Å². The van der Waals surface area contributed by atoms with Gasteiger partial charge in [-0.25, -0.2) is 9.38 Å². The van der Waals surface area contributed by atoms with E-state index in [1.54, 1.807) is 12.1 Å². The van der Waals surface area contributed by atoms with E-state index in [2.05, 4.69) is 25.7 Å². The Labute approximate surface area is 200 Å². The number of guanidine groups is 1. The molecule has 2 aromatic rings. The molecule has 2 fully saturated rings. The lowest BCUT2D eigenvalue weighted by Gasteiger charge is -2.35. The minimum absolute atomic E-state index is 0. The topological polar surface area (TPSA) is 70.4 Å². The van der Waals surface area contributed by atoms with Crippen LogP contribution in [0.3, 0.4) is 0 Å². The Balaban J connectivity index is 0.00000272. The first-order valence-electron chi connectivity index (χ1n) is 11.0. The van der Waals surface area contributed by atoms with Crippen molar-refractivity contribution in [2.75, 3.05) is 18.0 Å². The van der Waals surface area contributed by atoms with Crippen LogP contribution in [0.5, 0.6) is 0 Å². The van der Waals surface area contributed by atoms with Gasteiger partial charge in [0.1, 0.15) is 18.2 Å². The van der Waals surface area contributed by atoms with Crippen molar-refractivity contribution in [3.8, 4) is 0 Å². The zero-order valence-corrected chi connectivity index (χ0v) is 20.7. The van der Waals surface area contributed by atoms with Crippen molar-refractivity contribution in [1.29, 1.82) is 0 Å². The van der Waals surface area contributed by atoms with E-state index in [9.17, 15) is 4.39 Å². The van der Waals surface area contributed by atoms with Gasteiger partial charge >= 0.3 is 0 Å². The minimum atomic E-state index is -0.179. The lowest BCUT2D eigenvalue weighted by Crippen LogP contribution is -2.50. The van der Waals surface area contributed by atoms with Crippen LogP contribution in [-0.2, 0) is 13.6 Å². The number of hydrogen-bond acceptors (Lipinski definition) is 4. The molecule has 2 N–H and O–H groups in total. The quantitative estimate of drug-likeness (QED) is 0.345. The van der Waals surface area contributed by atoms with Gasteiger partial charge in [0.05, 0.1) is 0 Å². The summed E-state index contributed by atoms with van der Waals surface area (Å²) in [5.41, 5.74) is 0.962. The highest BCUT2D eigenvalue weighted by Crippen LogP contribution is 2.21. The Hall–Kier alpha value is -1.91. The summed E-state index contributed by atoms with van der Waals surface area (Å²) in [7, 11) is 1.97. The van der Waals surface area contributed by atoms with Crippen molar-refractivity contribution < 1.29 is 4.39 Å². The van der Waals surface area contributed by atoms with E-state index in [0.717, 1.165) is 49.2 Å². The molecule has 9 heteroatoms. The lowest BCUT2D eigenvalue weighted by molar-refractivity contribution is 0.456. The van der Waals surface area contributed by atoms with Crippen molar-refractivity contribution in [1.82, 2.24) is 25.4 Å². The molecule has 1 saturated heterocycles. The summed E-state index contributed by atoms with van der Waals surface area (Å²) in [6, 6.07) is 7.71. The summed E-state index contributed by atoms with van der Waals surface area (Å²) in [5.74, 6) is 2.44. The molecule has 31 heavy (non-hydrogen) atoms. The molecule has 1 saturated carbocycles. The summed E-state index contributed by atoms with van der Waals surface area (Å²) in [6.07, 6.45) is 6.93. The van der Waals surface area contributed by atoms with Gasteiger partial charge in [-0.1, -0.05) is 18.9 Å². The number of nitrogens with zero attached hydrogens (tertiary/aromatic N) is 5. The molecule has 170 valence electrons. The van der Waals surface area contributed by atoms with Crippen LogP contribution in [0.25, 0.3) is 0 Å². The van der Waals surface area contributed by atoms with Gasteiger partial charge < -0.3 is 20.1 Å². The summed E-state index contributed by atoms with van der Waals surface area (Å²) in [4.78, 5) is 7.08. The minimum Gasteiger partial charge on any atom is -0.371 e. The van der Waals surface area contributed by atoms with E-state index in [0.29, 0.717) is 18.6 Å². The van der Waals surface area contributed by atoms with Gasteiger partial charge in [-0.05, 0) is 50.8 Å². The average Bonchev–Trinajstić information content (AvgIpc) is 3.37. The average molecular weight is 541 g/mol. The third-order valence-electron chi connectivity index (χ3n) is 6.27. The van der Waals surface area contributed by atoms with Gasteiger partial charge in [0.25, 0.3) is 0 Å². The Kier molecular flexibility index (Phi) is 8.50. The Morgan fingerprint density at radius 1 is 1.10 bits per heavy atom. The fourth-order valence-corrected chi connectivity index (χ4v) is 4.28. The number of halogens is 2. The zero-order valence-electron chi connectivity index (χ0n) is 18.4.